The molecule has 2 aromatic rings. The van der Waals surface area contributed by atoms with Crippen LogP contribution in [0.25, 0.3) is 0 Å². The van der Waals surface area contributed by atoms with Gasteiger partial charge in [0, 0.05) is 23.8 Å². The number of ether oxygens (including phenoxy) is 1. The molecule has 3 rings (SSSR count). The average Bonchev–Trinajstić information content (AvgIpc) is 3.18. The summed E-state index contributed by atoms with van der Waals surface area (Å²) < 4.78 is 31.9. The van der Waals surface area contributed by atoms with Crippen molar-refractivity contribution in [1.29, 1.82) is 0 Å². The number of sulfonamides is 1. The number of halogens is 2. The molecule has 0 atom stereocenters. The molecule has 1 saturated heterocycles. The van der Waals surface area contributed by atoms with Crippen LogP contribution in [0, 0.1) is 0 Å². The zero-order chi connectivity index (χ0) is 19.4. The second kappa shape index (κ2) is 8.48. The molecule has 0 unspecified atom stereocenters. The highest BCUT2D eigenvalue weighted by molar-refractivity contribution is 7.89. The van der Waals surface area contributed by atoms with Crippen LogP contribution in [-0.4, -0.2) is 38.3 Å². The molecule has 6 nitrogen and oxygen atoms in total. The molecule has 1 heterocycles. The van der Waals surface area contributed by atoms with Crippen LogP contribution in [0.1, 0.15) is 12.8 Å². The predicted octanol–water partition coefficient (Wildman–Crippen LogP) is 3.80. The Morgan fingerprint density at radius 3 is 2.37 bits per heavy atom. The third kappa shape index (κ3) is 4.93. The van der Waals surface area contributed by atoms with Crippen molar-refractivity contribution in [3.8, 4) is 5.75 Å². The summed E-state index contributed by atoms with van der Waals surface area (Å²) in [6, 6.07) is 10.9. The van der Waals surface area contributed by atoms with E-state index in [4.69, 9.17) is 27.9 Å². The Hall–Kier alpha value is -1.80. The molecular formula is C18H18Cl2N2O4S. The summed E-state index contributed by atoms with van der Waals surface area (Å²) in [5, 5.41) is 3.37. The number of hydrogen-bond donors (Lipinski definition) is 1. The Labute approximate surface area is 168 Å². The van der Waals surface area contributed by atoms with Crippen molar-refractivity contribution in [1.82, 2.24) is 4.31 Å². The van der Waals surface area contributed by atoms with Gasteiger partial charge in [0.1, 0.15) is 5.75 Å². The molecule has 0 aliphatic carbocycles. The van der Waals surface area contributed by atoms with Crippen LogP contribution in [0.2, 0.25) is 10.0 Å². The molecular weight excluding hydrogens is 411 g/mol. The fourth-order valence-electron chi connectivity index (χ4n) is 2.71. The normalized spacial score (nSPS) is 14.9. The van der Waals surface area contributed by atoms with E-state index in [2.05, 4.69) is 5.32 Å². The molecule has 27 heavy (non-hydrogen) atoms. The van der Waals surface area contributed by atoms with E-state index >= 15 is 0 Å². The number of nitrogens with zero attached hydrogens (tertiary/aromatic N) is 1. The van der Waals surface area contributed by atoms with Gasteiger partial charge in [-0.3, -0.25) is 4.79 Å². The van der Waals surface area contributed by atoms with Crippen molar-refractivity contribution in [2.75, 3.05) is 25.0 Å². The van der Waals surface area contributed by atoms with Gasteiger partial charge in [0.2, 0.25) is 10.0 Å². The fraction of sp³-hybridized carbons (Fsp3) is 0.278. The van der Waals surface area contributed by atoms with Gasteiger partial charge in [-0.2, -0.15) is 4.31 Å². The molecule has 1 amide bonds. The van der Waals surface area contributed by atoms with Crippen LogP contribution in [0.15, 0.2) is 47.4 Å². The largest absolute Gasteiger partial charge is 0.482 e. The molecule has 1 aliphatic rings. The highest BCUT2D eigenvalue weighted by Gasteiger charge is 2.27. The van der Waals surface area contributed by atoms with Crippen LogP contribution in [-0.2, 0) is 14.8 Å². The topological polar surface area (TPSA) is 75.7 Å². The quantitative estimate of drug-likeness (QED) is 0.758. The second-order valence-electron chi connectivity index (χ2n) is 6.05. The minimum Gasteiger partial charge on any atom is -0.482 e. The lowest BCUT2D eigenvalue weighted by Gasteiger charge is -2.16. The van der Waals surface area contributed by atoms with E-state index in [1.807, 2.05) is 0 Å². The minimum absolute atomic E-state index is 0.118. The molecule has 1 N–H and O–H groups in total. The van der Waals surface area contributed by atoms with Gasteiger partial charge in [-0.15, -0.1) is 0 Å². The Morgan fingerprint density at radius 2 is 1.74 bits per heavy atom. The van der Waals surface area contributed by atoms with E-state index in [9.17, 15) is 13.2 Å². The average molecular weight is 429 g/mol. The molecule has 144 valence electrons. The maximum atomic E-state index is 12.5. The van der Waals surface area contributed by atoms with E-state index in [0.717, 1.165) is 12.8 Å². The maximum Gasteiger partial charge on any atom is 0.262 e. The monoisotopic (exact) mass is 428 g/mol. The van der Waals surface area contributed by atoms with Gasteiger partial charge in [-0.25, -0.2) is 8.42 Å². The highest BCUT2D eigenvalue weighted by atomic mass is 35.5. The molecule has 0 spiro atoms. The Bertz CT molecular complexity index is 927. The van der Waals surface area contributed by atoms with E-state index < -0.39 is 10.0 Å². The van der Waals surface area contributed by atoms with Crippen molar-refractivity contribution in [2.45, 2.75) is 17.7 Å². The van der Waals surface area contributed by atoms with E-state index in [1.165, 1.54) is 22.5 Å². The van der Waals surface area contributed by atoms with Gasteiger partial charge in [-0.1, -0.05) is 23.2 Å². The first-order valence-corrected chi connectivity index (χ1v) is 10.5. The SMILES string of the molecule is O=C(COc1ccc(S(=O)(=O)N2CCCC2)cc1Cl)Nc1ccc(Cl)cc1. The van der Waals surface area contributed by atoms with Gasteiger partial charge in [0.05, 0.1) is 9.92 Å². The summed E-state index contributed by atoms with van der Waals surface area (Å²) in [4.78, 5) is 12.1. The van der Waals surface area contributed by atoms with Crippen molar-refractivity contribution in [3.63, 3.8) is 0 Å². The molecule has 0 radical (unpaired) electrons. The van der Waals surface area contributed by atoms with E-state index in [1.54, 1.807) is 24.3 Å². The summed E-state index contributed by atoms with van der Waals surface area (Å²) in [6.45, 7) is 0.771. The first-order chi connectivity index (χ1) is 12.9. The second-order valence-corrected chi connectivity index (χ2v) is 8.83. The van der Waals surface area contributed by atoms with Crippen LogP contribution in [0.5, 0.6) is 5.75 Å². The van der Waals surface area contributed by atoms with Gasteiger partial charge in [0.25, 0.3) is 5.91 Å². The number of carbonyl (C=O) groups is 1. The van der Waals surface area contributed by atoms with Crippen molar-refractivity contribution in [3.05, 3.63) is 52.5 Å². The van der Waals surface area contributed by atoms with Crippen LogP contribution in [0.4, 0.5) is 5.69 Å². The number of hydrogen-bond acceptors (Lipinski definition) is 4. The lowest BCUT2D eigenvalue weighted by atomic mass is 10.3. The summed E-state index contributed by atoms with van der Waals surface area (Å²) in [6.07, 6.45) is 1.72. The van der Waals surface area contributed by atoms with Gasteiger partial charge in [-0.05, 0) is 55.3 Å². The number of amides is 1. The third-order valence-corrected chi connectivity index (χ3v) is 6.53. The van der Waals surface area contributed by atoms with E-state index in [-0.39, 0.29) is 28.2 Å². The van der Waals surface area contributed by atoms with E-state index in [0.29, 0.717) is 23.8 Å². The van der Waals surface area contributed by atoms with Crippen molar-refractivity contribution < 1.29 is 17.9 Å². The lowest BCUT2D eigenvalue weighted by Crippen LogP contribution is -2.27. The first-order valence-electron chi connectivity index (χ1n) is 8.34. The Kier molecular flexibility index (Phi) is 6.26. The standard InChI is InChI=1S/C18H18Cl2N2O4S/c19-13-3-5-14(6-4-13)21-18(23)12-26-17-8-7-15(11-16(17)20)27(24,25)22-9-1-2-10-22/h3-8,11H,1-2,9-10,12H2,(H,21,23). The summed E-state index contributed by atoms with van der Waals surface area (Å²) in [7, 11) is -3.55. The molecule has 2 aromatic carbocycles. The predicted molar refractivity (Wildman–Crippen MR) is 105 cm³/mol. The molecule has 0 aromatic heterocycles. The number of nitrogens with one attached hydrogen (secondary N) is 1. The maximum absolute atomic E-state index is 12.5. The smallest absolute Gasteiger partial charge is 0.262 e. The zero-order valence-corrected chi connectivity index (χ0v) is 16.6. The number of rotatable bonds is 6. The number of carbonyl (C=O) groups excluding carboxylic acids is 1. The van der Waals surface area contributed by atoms with Crippen molar-refractivity contribution in [2.24, 2.45) is 0 Å². The van der Waals surface area contributed by atoms with Crippen LogP contribution in [0.3, 0.4) is 0 Å². The lowest BCUT2D eigenvalue weighted by molar-refractivity contribution is -0.118. The zero-order valence-electron chi connectivity index (χ0n) is 14.3. The van der Waals surface area contributed by atoms with Gasteiger partial charge in [0.15, 0.2) is 6.61 Å². The summed E-state index contributed by atoms with van der Waals surface area (Å²) in [5.41, 5.74) is 0.589. The molecule has 1 fully saturated rings. The molecule has 0 bridgehead atoms. The molecule has 9 heteroatoms. The first kappa shape index (κ1) is 19.9. The number of benzene rings is 2. The van der Waals surface area contributed by atoms with Crippen LogP contribution < -0.4 is 10.1 Å². The Morgan fingerprint density at radius 1 is 1.07 bits per heavy atom. The molecule has 0 saturated carbocycles. The van der Waals surface area contributed by atoms with Crippen LogP contribution >= 0.6 is 23.2 Å². The van der Waals surface area contributed by atoms with Gasteiger partial charge >= 0.3 is 0 Å². The van der Waals surface area contributed by atoms with Gasteiger partial charge < -0.3 is 10.1 Å². The highest BCUT2D eigenvalue weighted by Crippen LogP contribution is 2.30. The molecule has 1 aliphatic heterocycles. The summed E-state index contributed by atoms with van der Waals surface area (Å²) in [5.74, 6) is -0.134. The summed E-state index contributed by atoms with van der Waals surface area (Å²) >= 11 is 11.9. The Balaban J connectivity index is 1.62. The fourth-order valence-corrected chi connectivity index (χ4v) is 4.68. The third-order valence-electron chi connectivity index (χ3n) is 4.09. The van der Waals surface area contributed by atoms with Crippen molar-refractivity contribution >= 4 is 44.8 Å². The number of anilines is 1. The minimum atomic E-state index is -3.55.